The van der Waals surface area contributed by atoms with Crippen LogP contribution in [0.4, 0.5) is 16.0 Å². The lowest BCUT2D eigenvalue weighted by Gasteiger charge is -2.08. The summed E-state index contributed by atoms with van der Waals surface area (Å²) in [4.78, 5) is 14.7. The van der Waals surface area contributed by atoms with Crippen molar-refractivity contribution in [1.82, 2.24) is 15.2 Å². The highest BCUT2D eigenvalue weighted by Gasteiger charge is 2.09. The number of H-pyrrole nitrogens is 1. The molecule has 0 saturated carbocycles. The third-order valence-electron chi connectivity index (χ3n) is 3.25. The van der Waals surface area contributed by atoms with Crippen LogP contribution in [0.1, 0.15) is 11.3 Å². The van der Waals surface area contributed by atoms with Crippen molar-refractivity contribution < 1.29 is 4.39 Å². The van der Waals surface area contributed by atoms with Gasteiger partial charge < -0.3 is 5.32 Å². The van der Waals surface area contributed by atoms with Gasteiger partial charge in [-0.25, -0.2) is 4.39 Å². The van der Waals surface area contributed by atoms with Gasteiger partial charge in [0.1, 0.15) is 11.5 Å². The second-order valence-electron chi connectivity index (χ2n) is 4.98. The Kier molecular flexibility index (Phi) is 4.78. The number of anilines is 2. The minimum atomic E-state index is -0.394. The van der Waals surface area contributed by atoms with Crippen LogP contribution >= 0.6 is 23.2 Å². The van der Waals surface area contributed by atoms with E-state index in [1.165, 1.54) is 12.1 Å². The first-order chi connectivity index (χ1) is 11.5. The molecule has 1 heterocycles. The number of hydrogen-bond donors (Lipinski definition) is 2. The summed E-state index contributed by atoms with van der Waals surface area (Å²) in [5.41, 5.74) is 1.09. The molecule has 1 aromatic heterocycles. The van der Waals surface area contributed by atoms with Gasteiger partial charge in [0.15, 0.2) is 0 Å². The smallest absolute Gasteiger partial charge is 0.274 e. The first kappa shape index (κ1) is 16.4. The average Bonchev–Trinajstić information content (AvgIpc) is 2.56. The van der Waals surface area contributed by atoms with Gasteiger partial charge in [-0.3, -0.25) is 9.78 Å². The molecule has 24 heavy (non-hydrogen) atoms. The van der Waals surface area contributed by atoms with Crippen molar-refractivity contribution in [2.45, 2.75) is 6.42 Å². The predicted molar refractivity (Wildman–Crippen MR) is 91.6 cm³/mol. The Morgan fingerprint density at radius 3 is 2.54 bits per heavy atom. The molecule has 122 valence electrons. The molecule has 0 atom stereocenters. The normalized spacial score (nSPS) is 10.6. The maximum absolute atomic E-state index is 12.9. The van der Waals surface area contributed by atoms with E-state index in [-0.39, 0.29) is 23.9 Å². The summed E-state index contributed by atoms with van der Waals surface area (Å²) in [5.74, 6) is -0.191. The molecule has 0 aliphatic rings. The molecule has 0 fully saturated rings. The summed E-state index contributed by atoms with van der Waals surface area (Å²) < 4.78 is 12.9. The molecule has 2 N–H and O–H groups in total. The third kappa shape index (κ3) is 3.72. The molecule has 0 bridgehead atoms. The lowest BCUT2D eigenvalue weighted by atomic mass is 10.1. The first-order valence-electron chi connectivity index (χ1n) is 6.94. The standard InChI is InChI=1S/C16H11Cl2FN4O/c17-11-2-1-3-12(14(11)18)20-16-21-15(24)13(22-23-16)8-9-4-6-10(19)7-5-9/h1-7H,8H2,(H2,20,21,23,24). The summed E-state index contributed by atoms with van der Waals surface area (Å²) in [7, 11) is 0. The molecule has 8 heteroatoms. The van der Waals surface area contributed by atoms with Crippen LogP contribution in [0.25, 0.3) is 0 Å². The van der Waals surface area contributed by atoms with E-state index in [2.05, 4.69) is 20.5 Å². The van der Waals surface area contributed by atoms with Gasteiger partial charge in [-0.1, -0.05) is 41.4 Å². The summed E-state index contributed by atoms with van der Waals surface area (Å²) in [6.45, 7) is 0. The Bertz CT molecular complexity index is 928. The number of nitrogens with one attached hydrogen (secondary N) is 2. The molecule has 0 amide bonds. The lowest BCUT2D eigenvalue weighted by Crippen LogP contribution is -2.19. The van der Waals surface area contributed by atoms with Gasteiger partial charge in [0, 0.05) is 6.42 Å². The molecule has 0 radical (unpaired) electrons. The zero-order valence-electron chi connectivity index (χ0n) is 12.2. The summed E-state index contributed by atoms with van der Waals surface area (Å²) in [6, 6.07) is 10.9. The molecule has 3 rings (SSSR count). The van der Waals surface area contributed by atoms with Gasteiger partial charge in [0.05, 0.1) is 15.7 Å². The molecule has 0 aliphatic heterocycles. The van der Waals surface area contributed by atoms with E-state index in [1.807, 2.05) is 0 Å². The van der Waals surface area contributed by atoms with E-state index in [4.69, 9.17) is 23.2 Å². The Hall–Kier alpha value is -2.44. The van der Waals surface area contributed by atoms with Crippen LogP contribution in [-0.4, -0.2) is 15.2 Å². The molecule has 5 nitrogen and oxygen atoms in total. The number of nitrogens with zero attached hydrogens (tertiary/aromatic N) is 2. The van der Waals surface area contributed by atoms with E-state index in [9.17, 15) is 9.18 Å². The summed E-state index contributed by atoms with van der Waals surface area (Å²) >= 11 is 12.0. The summed E-state index contributed by atoms with van der Waals surface area (Å²) in [6.07, 6.45) is 0.251. The van der Waals surface area contributed by atoms with Gasteiger partial charge >= 0.3 is 0 Å². The second-order valence-corrected chi connectivity index (χ2v) is 5.76. The predicted octanol–water partition coefficient (Wildman–Crippen LogP) is 3.95. The highest BCUT2D eigenvalue weighted by Crippen LogP contribution is 2.30. The van der Waals surface area contributed by atoms with Crippen molar-refractivity contribution in [3.05, 3.63) is 79.9 Å². The zero-order valence-corrected chi connectivity index (χ0v) is 13.7. The largest absolute Gasteiger partial charge is 0.323 e. The number of rotatable bonds is 4. The van der Waals surface area contributed by atoms with Crippen LogP contribution in [0.5, 0.6) is 0 Å². The Balaban J connectivity index is 1.81. The molecular formula is C16H11Cl2FN4O. The van der Waals surface area contributed by atoms with Crippen LogP contribution in [0.15, 0.2) is 47.3 Å². The second kappa shape index (κ2) is 6.98. The van der Waals surface area contributed by atoms with E-state index in [0.717, 1.165) is 5.56 Å². The maximum atomic E-state index is 12.9. The molecule has 2 aromatic carbocycles. The molecule has 3 aromatic rings. The zero-order chi connectivity index (χ0) is 17.1. The maximum Gasteiger partial charge on any atom is 0.274 e. The van der Waals surface area contributed by atoms with Gasteiger partial charge in [-0.15, -0.1) is 10.2 Å². The van der Waals surface area contributed by atoms with Crippen LogP contribution in [-0.2, 0) is 6.42 Å². The molecular weight excluding hydrogens is 354 g/mol. The van der Waals surface area contributed by atoms with Crippen molar-refractivity contribution in [2.75, 3.05) is 5.32 Å². The minimum Gasteiger partial charge on any atom is -0.323 e. The van der Waals surface area contributed by atoms with Crippen molar-refractivity contribution in [3.63, 3.8) is 0 Å². The highest BCUT2D eigenvalue weighted by molar-refractivity contribution is 6.43. The van der Waals surface area contributed by atoms with Crippen LogP contribution in [0.3, 0.4) is 0 Å². The SMILES string of the molecule is O=c1[nH]c(Nc2cccc(Cl)c2Cl)nnc1Cc1ccc(F)cc1. The van der Waals surface area contributed by atoms with E-state index in [0.29, 0.717) is 15.7 Å². The Morgan fingerprint density at radius 2 is 1.83 bits per heavy atom. The molecule has 0 unspecified atom stereocenters. The third-order valence-corrected chi connectivity index (χ3v) is 4.07. The topological polar surface area (TPSA) is 70.7 Å². The van der Waals surface area contributed by atoms with E-state index in [1.54, 1.807) is 30.3 Å². The van der Waals surface area contributed by atoms with Crippen LogP contribution < -0.4 is 10.9 Å². The quantitative estimate of drug-likeness (QED) is 0.735. The number of aromatic amines is 1. The van der Waals surface area contributed by atoms with Crippen LogP contribution in [0.2, 0.25) is 10.0 Å². The molecule has 0 spiro atoms. The fraction of sp³-hybridized carbons (Fsp3) is 0.0625. The van der Waals surface area contributed by atoms with Gasteiger partial charge in [0.25, 0.3) is 5.56 Å². The van der Waals surface area contributed by atoms with Crippen molar-refractivity contribution in [3.8, 4) is 0 Å². The number of halogens is 3. The molecule has 0 saturated heterocycles. The highest BCUT2D eigenvalue weighted by atomic mass is 35.5. The average molecular weight is 365 g/mol. The van der Waals surface area contributed by atoms with E-state index < -0.39 is 5.56 Å². The van der Waals surface area contributed by atoms with Crippen LogP contribution in [0, 0.1) is 5.82 Å². The first-order valence-corrected chi connectivity index (χ1v) is 7.70. The summed E-state index contributed by atoms with van der Waals surface area (Å²) in [5, 5.41) is 11.4. The Morgan fingerprint density at radius 1 is 1.08 bits per heavy atom. The number of aromatic nitrogens is 3. The number of hydrogen-bond acceptors (Lipinski definition) is 4. The van der Waals surface area contributed by atoms with Crippen molar-refractivity contribution in [1.29, 1.82) is 0 Å². The fourth-order valence-electron chi connectivity index (χ4n) is 2.06. The minimum absolute atomic E-state index is 0.145. The fourth-order valence-corrected chi connectivity index (χ4v) is 2.40. The van der Waals surface area contributed by atoms with Gasteiger partial charge in [-0.2, -0.15) is 0 Å². The Labute approximate surface area is 146 Å². The van der Waals surface area contributed by atoms with Gasteiger partial charge in [-0.05, 0) is 29.8 Å². The van der Waals surface area contributed by atoms with E-state index >= 15 is 0 Å². The van der Waals surface area contributed by atoms with Gasteiger partial charge in [0.2, 0.25) is 5.95 Å². The van der Waals surface area contributed by atoms with Crippen molar-refractivity contribution in [2.24, 2.45) is 0 Å². The lowest BCUT2D eigenvalue weighted by molar-refractivity contribution is 0.627. The monoisotopic (exact) mass is 364 g/mol. The number of benzene rings is 2. The molecule has 0 aliphatic carbocycles. The van der Waals surface area contributed by atoms with Crippen molar-refractivity contribution >= 4 is 34.8 Å².